The topological polar surface area (TPSA) is 90.7 Å². The van der Waals surface area contributed by atoms with Crippen LogP contribution in [0.3, 0.4) is 0 Å². The van der Waals surface area contributed by atoms with Gasteiger partial charge >= 0.3 is 12.1 Å². The Balaban J connectivity index is 1.82. The van der Waals surface area contributed by atoms with Crippen LogP contribution >= 0.6 is 11.6 Å². The lowest BCUT2D eigenvalue weighted by Gasteiger charge is -2.23. The van der Waals surface area contributed by atoms with Crippen molar-refractivity contribution in [3.63, 3.8) is 0 Å². The molecule has 1 aliphatic rings. The van der Waals surface area contributed by atoms with Crippen molar-refractivity contribution in [3.05, 3.63) is 80.1 Å². The largest absolute Gasteiger partial charge is 0.477 e. The number of aromatic carboxylic acids is 1. The van der Waals surface area contributed by atoms with E-state index in [0.29, 0.717) is 16.9 Å². The fourth-order valence-corrected chi connectivity index (χ4v) is 4.28. The number of ether oxygens (including phenoxy) is 2. The fraction of sp³-hybridized carbons (Fsp3) is 0.320. The van der Waals surface area contributed by atoms with Crippen molar-refractivity contribution in [1.82, 2.24) is 9.78 Å². The highest BCUT2D eigenvalue weighted by Crippen LogP contribution is 2.37. The molecule has 36 heavy (non-hydrogen) atoms. The average Bonchev–Trinajstić information content (AvgIpc) is 2.82. The second-order valence-electron chi connectivity index (χ2n) is 8.41. The molecule has 0 aliphatic carbocycles. The molecule has 2 heterocycles. The summed E-state index contributed by atoms with van der Waals surface area (Å²) in [5, 5.41) is 13.3. The number of aromatic nitrogens is 2. The quantitative estimate of drug-likeness (QED) is 0.452. The van der Waals surface area contributed by atoms with Crippen LogP contribution < -0.4 is 5.56 Å². The van der Waals surface area contributed by atoms with E-state index in [1.807, 2.05) is 6.07 Å². The van der Waals surface area contributed by atoms with Gasteiger partial charge < -0.3 is 14.6 Å². The van der Waals surface area contributed by atoms with Gasteiger partial charge in [-0.05, 0) is 62.1 Å². The van der Waals surface area contributed by atoms with E-state index in [9.17, 15) is 27.9 Å². The monoisotopic (exact) mass is 522 g/mol. The Labute approximate surface area is 209 Å². The Bertz CT molecular complexity index is 1350. The maximum atomic E-state index is 13.7. The predicted octanol–water partition coefficient (Wildman–Crippen LogP) is 5.62. The Kier molecular flexibility index (Phi) is 7.49. The first-order valence-corrected chi connectivity index (χ1v) is 11.5. The lowest BCUT2D eigenvalue weighted by Crippen LogP contribution is -2.29. The summed E-state index contributed by atoms with van der Waals surface area (Å²) in [5.41, 5.74) is -2.06. The highest BCUT2D eigenvalue weighted by Gasteiger charge is 2.36. The Morgan fingerprint density at radius 1 is 1.25 bits per heavy atom. The number of aryl methyl sites for hydroxylation is 1. The molecule has 1 N–H and O–H groups in total. The third-order valence-electron chi connectivity index (χ3n) is 5.65. The van der Waals surface area contributed by atoms with Gasteiger partial charge in [0, 0.05) is 12.2 Å². The summed E-state index contributed by atoms with van der Waals surface area (Å²) < 4.78 is 53.0. The van der Waals surface area contributed by atoms with Crippen LogP contribution in [0.15, 0.2) is 47.3 Å². The van der Waals surface area contributed by atoms with Gasteiger partial charge in [-0.15, -0.1) is 0 Å². The molecule has 7 nitrogen and oxygen atoms in total. The van der Waals surface area contributed by atoms with E-state index in [2.05, 4.69) is 5.10 Å². The van der Waals surface area contributed by atoms with Crippen molar-refractivity contribution in [1.29, 1.82) is 0 Å². The van der Waals surface area contributed by atoms with Crippen LogP contribution in [0.1, 0.15) is 46.3 Å². The maximum Gasteiger partial charge on any atom is 0.418 e. The van der Waals surface area contributed by atoms with Crippen molar-refractivity contribution in [2.24, 2.45) is 0 Å². The van der Waals surface area contributed by atoms with Gasteiger partial charge in [-0.3, -0.25) is 4.79 Å². The standard InChI is InChI=1S/C25H22ClF3N2O5/c1-14-9-15(13-36-21-7-2-3-8-35-21)11-16(10-14)20-12-17(24(33)34)23(32)31(30-20)22-18(25(27,28)29)5-4-6-19(22)26/h4-6,9-12,21H,2-3,7-8,13H2,1H3,(H,33,34). The van der Waals surface area contributed by atoms with E-state index >= 15 is 0 Å². The van der Waals surface area contributed by atoms with Gasteiger partial charge in [-0.1, -0.05) is 29.3 Å². The van der Waals surface area contributed by atoms with Crippen LogP contribution in [0.25, 0.3) is 16.9 Å². The third-order valence-corrected chi connectivity index (χ3v) is 5.96. The zero-order valence-electron chi connectivity index (χ0n) is 19.1. The number of halogens is 4. The molecular weight excluding hydrogens is 501 g/mol. The summed E-state index contributed by atoms with van der Waals surface area (Å²) in [6.07, 6.45) is -2.46. The molecule has 11 heteroatoms. The summed E-state index contributed by atoms with van der Waals surface area (Å²) in [5.74, 6) is -1.61. The fourth-order valence-electron chi connectivity index (χ4n) is 4.03. The van der Waals surface area contributed by atoms with Crippen molar-refractivity contribution >= 4 is 17.6 Å². The molecule has 190 valence electrons. The number of carboxylic acids is 1. The first kappa shape index (κ1) is 25.9. The van der Waals surface area contributed by atoms with E-state index < -0.39 is 39.5 Å². The molecule has 1 saturated heterocycles. The first-order valence-electron chi connectivity index (χ1n) is 11.1. The van der Waals surface area contributed by atoms with Crippen LogP contribution in [0.5, 0.6) is 0 Å². The summed E-state index contributed by atoms with van der Waals surface area (Å²) in [6.45, 7) is 2.62. The Morgan fingerprint density at radius 3 is 2.69 bits per heavy atom. The smallest absolute Gasteiger partial charge is 0.418 e. The zero-order chi connectivity index (χ0) is 26.0. The molecule has 3 aromatic rings. The van der Waals surface area contributed by atoms with Gasteiger partial charge in [-0.25, -0.2) is 4.79 Å². The molecule has 0 saturated carbocycles. The minimum atomic E-state index is -4.87. The van der Waals surface area contributed by atoms with Gasteiger partial charge in [0.2, 0.25) is 0 Å². The zero-order valence-corrected chi connectivity index (χ0v) is 19.9. The highest BCUT2D eigenvalue weighted by atomic mass is 35.5. The van der Waals surface area contributed by atoms with Crippen LogP contribution in [0.2, 0.25) is 5.02 Å². The van der Waals surface area contributed by atoms with Gasteiger partial charge in [0.05, 0.1) is 28.6 Å². The van der Waals surface area contributed by atoms with Gasteiger partial charge in [0.25, 0.3) is 5.56 Å². The molecule has 0 amide bonds. The molecule has 1 atom stereocenters. The normalized spacial score (nSPS) is 16.2. The number of nitrogens with zero attached hydrogens (tertiary/aromatic N) is 2. The maximum absolute atomic E-state index is 13.7. The summed E-state index contributed by atoms with van der Waals surface area (Å²) in [4.78, 5) is 24.7. The highest BCUT2D eigenvalue weighted by molar-refractivity contribution is 6.32. The second kappa shape index (κ2) is 10.4. The molecule has 1 aliphatic heterocycles. The molecule has 1 aromatic heterocycles. The van der Waals surface area contributed by atoms with Crippen LogP contribution in [-0.4, -0.2) is 33.8 Å². The minimum absolute atomic E-state index is 0.0149. The molecule has 0 spiro atoms. The molecule has 0 bridgehead atoms. The first-order chi connectivity index (χ1) is 17.0. The summed E-state index contributed by atoms with van der Waals surface area (Å²) in [7, 11) is 0. The number of hydrogen-bond acceptors (Lipinski definition) is 5. The number of hydrogen-bond donors (Lipinski definition) is 1. The van der Waals surface area contributed by atoms with Gasteiger partial charge in [0.15, 0.2) is 6.29 Å². The average molecular weight is 523 g/mol. The van der Waals surface area contributed by atoms with E-state index in [4.69, 9.17) is 21.1 Å². The molecular formula is C25H22ClF3N2O5. The summed E-state index contributed by atoms with van der Waals surface area (Å²) >= 11 is 6.06. The summed E-state index contributed by atoms with van der Waals surface area (Å²) in [6, 6.07) is 9.26. The lowest BCUT2D eigenvalue weighted by atomic mass is 10.0. The number of para-hydroxylation sites is 1. The number of rotatable bonds is 6. The second-order valence-corrected chi connectivity index (χ2v) is 8.82. The number of alkyl halides is 3. The van der Waals surface area contributed by atoms with Crippen molar-refractivity contribution < 1.29 is 32.5 Å². The minimum Gasteiger partial charge on any atom is -0.477 e. The molecule has 1 fully saturated rings. The van der Waals surface area contributed by atoms with Crippen LogP contribution in [-0.2, 0) is 22.3 Å². The van der Waals surface area contributed by atoms with E-state index in [1.165, 1.54) is 6.07 Å². The van der Waals surface area contributed by atoms with E-state index in [1.54, 1.807) is 19.1 Å². The molecule has 0 radical (unpaired) electrons. The number of carboxylic acid groups (broad SMARTS) is 1. The molecule has 4 rings (SSSR count). The van der Waals surface area contributed by atoms with Crippen LogP contribution in [0, 0.1) is 6.92 Å². The van der Waals surface area contributed by atoms with Crippen molar-refractivity contribution in [2.75, 3.05) is 6.61 Å². The molecule has 2 aromatic carbocycles. The van der Waals surface area contributed by atoms with E-state index in [0.717, 1.165) is 48.6 Å². The van der Waals surface area contributed by atoms with Gasteiger partial charge in [0.1, 0.15) is 5.56 Å². The lowest BCUT2D eigenvalue weighted by molar-refractivity contribution is -0.168. The number of carbonyl (C=O) groups is 1. The van der Waals surface area contributed by atoms with Crippen molar-refractivity contribution in [2.45, 2.75) is 45.3 Å². The number of benzene rings is 2. The SMILES string of the molecule is Cc1cc(COC2CCCCO2)cc(-c2cc(C(=O)O)c(=O)n(-c3c(Cl)cccc3C(F)(F)F)n2)c1. The van der Waals surface area contributed by atoms with Crippen LogP contribution in [0.4, 0.5) is 13.2 Å². The Morgan fingerprint density at radius 2 is 2.03 bits per heavy atom. The molecule has 1 unspecified atom stereocenters. The predicted molar refractivity (Wildman–Crippen MR) is 125 cm³/mol. The van der Waals surface area contributed by atoms with Gasteiger partial charge in [-0.2, -0.15) is 23.0 Å². The third kappa shape index (κ3) is 5.61. The van der Waals surface area contributed by atoms with Crippen molar-refractivity contribution in [3.8, 4) is 16.9 Å². The van der Waals surface area contributed by atoms with E-state index in [-0.39, 0.29) is 18.6 Å². The Hall–Kier alpha value is -3.21.